The van der Waals surface area contributed by atoms with E-state index in [1.807, 2.05) is 0 Å². The van der Waals surface area contributed by atoms with Crippen LogP contribution < -0.4 is 5.23 Å². The van der Waals surface area contributed by atoms with Gasteiger partial charge in [-0.2, -0.15) is 0 Å². The molecule has 7 nitrogen and oxygen atoms in total. The summed E-state index contributed by atoms with van der Waals surface area (Å²) >= 11 is 0. The number of nitrogens with one attached hydrogen (secondary N) is 1. The highest BCUT2D eigenvalue weighted by Gasteiger charge is 2.32. The fourth-order valence-electron chi connectivity index (χ4n) is 1.61. The molecule has 0 aromatic heterocycles. The molecular weight excluding hydrogens is 251 g/mol. The Labute approximate surface area is 111 Å². The zero-order chi connectivity index (χ0) is 14.1. The van der Waals surface area contributed by atoms with Crippen LogP contribution in [0.4, 0.5) is 0 Å². The molecule has 0 atom stereocenters. The van der Waals surface area contributed by atoms with Crippen LogP contribution >= 0.6 is 0 Å². The van der Waals surface area contributed by atoms with Crippen molar-refractivity contribution in [2.45, 2.75) is 38.5 Å². The molecule has 1 N–H and O–H groups in total. The molecule has 0 spiro atoms. The molecule has 0 aliphatic carbocycles. The summed E-state index contributed by atoms with van der Waals surface area (Å²) in [5.41, 5.74) is 0. The van der Waals surface area contributed by atoms with Crippen molar-refractivity contribution >= 4 is 31.4 Å². The van der Waals surface area contributed by atoms with Gasteiger partial charge in [0.1, 0.15) is 0 Å². The summed E-state index contributed by atoms with van der Waals surface area (Å²) in [6.45, 7) is 0.664. The molecule has 0 unspecified atom stereocenters. The summed E-state index contributed by atoms with van der Waals surface area (Å²) in [6, 6.07) is 0. The van der Waals surface area contributed by atoms with Crippen molar-refractivity contribution in [2.75, 3.05) is 6.54 Å². The second-order valence-electron chi connectivity index (χ2n) is 4.11. The van der Waals surface area contributed by atoms with Crippen molar-refractivity contribution in [3.8, 4) is 0 Å². The first-order chi connectivity index (χ1) is 9.15. The Hall–Kier alpha value is -1.70. The highest BCUT2D eigenvalue weighted by atomic mass is 16.7. The lowest BCUT2D eigenvalue weighted by Crippen LogP contribution is -2.31. The quantitative estimate of drug-likeness (QED) is 0.263. The maximum Gasteiger partial charge on any atom is 0.333 e. The number of rotatable bonds is 9. The van der Waals surface area contributed by atoms with Gasteiger partial charge in [0.2, 0.25) is 0 Å². The van der Waals surface area contributed by atoms with Gasteiger partial charge < -0.3 is 14.9 Å². The van der Waals surface area contributed by atoms with E-state index in [-0.39, 0.29) is 19.3 Å². The number of carbonyl (C=O) groups excluding carboxylic acids is 4. The van der Waals surface area contributed by atoms with Crippen molar-refractivity contribution in [2.24, 2.45) is 0 Å². The fraction of sp³-hybridized carbons (Fsp3) is 0.636. The summed E-state index contributed by atoms with van der Waals surface area (Å²) in [4.78, 5) is 48.4. The third kappa shape index (κ3) is 5.65. The number of nitrogens with zero attached hydrogens (tertiary/aromatic N) is 1. The van der Waals surface area contributed by atoms with Crippen LogP contribution in [0.3, 0.4) is 0 Å². The topological polar surface area (TPSA) is 92.8 Å². The van der Waals surface area contributed by atoms with Crippen molar-refractivity contribution < 1.29 is 24.0 Å². The second kappa shape index (κ2) is 8.41. The molecule has 8 heteroatoms. The average Bonchev–Trinajstić information content (AvgIpc) is 2.69. The number of carbonyl (C=O) groups is 4. The van der Waals surface area contributed by atoms with Gasteiger partial charge in [-0.1, -0.05) is 6.42 Å². The summed E-state index contributed by atoms with van der Waals surface area (Å²) < 4.78 is 0. The first-order valence-corrected chi connectivity index (χ1v) is 6.22. The van der Waals surface area contributed by atoms with E-state index >= 15 is 0 Å². The monoisotopic (exact) mass is 267 g/mol. The SMILES string of the molecule is O=C[B]NCCCCCC(=O)ON1C(=O)CCC1=O. The molecule has 0 aromatic rings. The van der Waals surface area contributed by atoms with E-state index in [9.17, 15) is 19.2 Å². The number of imide groups is 1. The highest BCUT2D eigenvalue weighted by molar-refractivity contribution is 6.64. The lowest BCUT2D eigenvalue weighted by Gasteiger charge is -2.12. The van der Waals surface area contributed by atoms with Gasteiger partial charge in [-0.15, -0.1) is 5.06 Å². The summed E-state index contributed by atoms with van der Waals surface area (Å²) in [5.74, 6) is -1.50. The molecule has 1 heterocycles. The van der Waals surface area contributed by atoms with Gasteiger partial charge in [-0.05, 0) is 19.4 Å². The van der Waals surface area contributed by atoms with Crippen LogP contribution in [0.1, 0.15) is 38.5 Å². The molecule has 103 valence electrons. The van der Waals surface area contributed by atoms with Crippen LogP contribution in [0.15, 0.2) is 0 Å². The molecule has 19 heavy (non-hydrogen) atoms. The molecule has 1 aliphatic rings. The Morgan fingerprint density at radius 3 is 2.58 bits per heavy atom. The van der Waals surface area contributed by atoms with Crippen molar-refractivity contribution in [1.82, 2.24) is 10.3 Å². The Morgan fingerprint density at radius 1 is 1.26 bits per heavy atom. The molecule has 0 aromatic carbocycles. The molecule has 1 fully saturated rings. The number of unbranched alkanes of at least 4 members (excludes halogenated alkanes) is 2. The van der Waals surface area contributed by atoms with Crippen LogP contribution in [0.25, 0.3) is 0 Å². The predicted octanol–water partition coefficient (Wildman–Crippen LogP) is -0.447. The van der Waals surface area contributed by atoms with Crippen LogP contribution in [0.2, 0.25) is 0 Å². The smallest absolute Gasteiger partial charge is 0.333 e. The molecular formula is C11H16BN2O5. The molecule has 2 amide bonds. The Bertz CT molecular complexity index is 345. The van der Waals surface area contributed by atoms with Crippen molar-refractivity contribution in [3.63, 3.8) is 0 Å². The molecule has 1 radical (unpaired) electrons. The Balaban J connectivity index is 2.06. The molecule has 0 saturated carbocycles. The standard InChI is InChI=1S/C11H16BN2O5/c15-8-12-13-7-3-1-2-4-11(18)19-14-9(16)5-6-10(14)17/h8,13H,1-7H2. The van der Waals surface area contributed by atoms with E-state index in [1.54, 1.807) is 0 Å². The number of hydroxylamine groups is 2. The number of hydrogen-bond acceptors (Lipinski definition) is 6. The van der Waals surface area contributed by atoms with Crippen molar-refractivity contribution in [3.05, 3.63) is 0 Å². The summed E-state index contributed by atoms with van der Waals surface area (Å²) in [7, 11) is 1.32. The van der Waals surface area contributed by atoms with E-state index in [2.05, 4.69) is 5.23 Å². The first kappa shape index (κ1) is 15.4. The Kier molecular flexibility index (Phi) is 6.80. The largest absolute Gasteiger partial charge is 0.354 e. The summed E-state index contributed by atoms with van der Waals surface area (Å²) in [5, 5.41) is 3.35. The molecule has 1 saturated heterocycles. The van der Waals surface area contributed by atoms with Gasteiger partial charge in [0.15, 0.2) is 0 Å². The van der Waals surface area contributed by atoms with E-state index in [0.717, 1.165) is 12.8 Å². The lowest BCUT2D eigenvalue weighted by molar-refractivity contribution is -0.197. The van der Waals surface area contributed by atoms with Crippen LogP contribution in [-0.2, 0) is 24.0 Å². The molecule has 1 aliphatic heterocycles. The first-order valence-electron chi connectivity index (χ1n) is 6.22. The van der Waals surface area contributed by atoms with Crippen LogP contribution in [-0.4, -0.2) is 43.0 Å². The maximum absolute atomic E-state index is 11.4. The second-order valence-corrected chi connectivity index (χ2v) is 4.11. The van der Waals surface area contributed by atoms with E-state index in [1.165, 1.54) is 7.41 Å². The van der Waals surface area contributed by atoms with Crippen LogP contribution in [0, 0.1) is 0 Å². The zero-order valence-corrected chi connectivity index (χ0v) is 10.6. The normalized spacial score (nSPS) is 14.6. The van der Waals surface area contributed by atoms with Gasteiger partial charge in [-0.25, -0.2) is 4.79 Å². The minimum atomic E-state index is -0.573. The summed E-state index contributed by atoms with van der Waals surface area (Å²) in [6.07, 6.45) is 3.25. The minimum absolute atomic E-state index is 0.102. The van der Waals surface area contributed by atoms with Gasteiger partial charge in [0.25, 0.3) is 19.2 Å². The number of hydrogen-bond donors (Lipinski definition) is 1. The Morgan fingerprint density at radius 2 is 1.95 bits per heavy atom. The van der Waals surface area contributed by atoms with E-state index in [4.69, 9.17) is 4.84 Å². The average molecular weight is 267 g/mol. The minimum Gasteiger partial charge on any atom is -0.354 e. The third-order valence-electron chi connectivity index (χ3n) is 2.59. The van der Waals surface area contributed by atoms with Crippen molar-refractivity contribution in [1.29, 1.82) is 0 Å². The molecule has 0 bridgehead atoms. The van der Waals surface area contributed by atoms with Gasteiger partial charge in [0, 0.05) is 19.3 Å². The van der Waals surface area contributed by atoms with Gasteiger partial charge in [-0.3, -0.25) is 9.59 Å². The predicted molar refractivity (Wildman–Crippen MR) is 66.2 cm³/mol. The molecule has 1 rings (SSSR count). The third-order valence-corrected chi connectivity index (χ3v) is 2.59. The van der Waals surface area contributed by atoms with E-state index in [0.29, 0.717) is 24.2 Å². The highest BCUT2D eigenvalue weighted by Crippen LogP contribution is 2.13. The van der Waals surface area contributed by atoms with Gasteiger partial charge in [0.05, 0.1) is 6.19 Å². The van der Waals surface area contributed by atoms with Crippen LogP contribution in [0.5, 0.6) is 0 Å². The fourth-order valence-corrected chi connectivity index (χ4v) is 1.61. The number of amides is 2. The lowest BCUT2D eigenvalue weighted by atomic mass is 9.99. The zero-order valence-electron chi connectivity index (χ0n) is 10.6. The van der Waals surface area contributed by atoms with E-state index < -0.39 is 17.8 Å². The van der Waals surface area contributed by atoms with Gasteiger partial charge >= 0.3 is 5.97 Å². The maximum atomic E-state index is 11.4.